The van der Waals surface area contributed by atoms with E-state index in [1.54, 1.807) is 13.0 Å². The number of rotatable bonds is 4. The van der Waals surface area contributed by atoms with Gasteiger partial charge in [0.25, 0.3) is 0 Å². The van der Waals surface area contributed by atoms with Crippen molar-refractivity contribution in [2.24, 2.45) is 0 Å². The van der Waals surface area contributed by atoms with Crippen LogP contribution >= 0.6 is 15.9 Å². The van der Waals surface area contributed by atoms with E-state index in [2.05, 4.69) is 15.9 Å². The molecule has 15 heavy (non-hydrogen) atoms. The van der Waals surface area contributed by atoms with Crippen LogP contribution in [0, 0.1) is 5.82 Å². The Labute approximate surface area is 97.2 Å². The fourth-order valence-corrected chi connectivity index (χ4v) is 1.77. The van der Waals surface area contributed by atoms with Gasteiger partial charge in [-0.1, -0.05) is 15.9 Å². The van der Waals surface area contributed by atoms with E-state index in [0.29, 0.717) is 28.6 Å². The highest BCUT2D eigenvalue weighted by Gasteiger charge is 2.11. The molecule has 0 bridgehead atoms. The molecule has 0 aliphatic rings. The molecular weight excluding hydrogens is 263 g/mol. The van der Waals surface area contributed by atoms with Crippen LogP contribution in [-0.4, -0.2) is 18.3 Å². The molecule has 0 saturated carbocycles. The molecule has 1 rings (SSSR count). The monoisotopic (exact) mass is 276 g/mol. The number of ether oxygens (including phenoxy) is 1. The number of benzene rings is 1. The molecule has 1 atom stereocenters. The van der Waals surface area contributed by atoms with Gasteiger partial charge in [-0.05, 0) is 31.9 Å². The van der Waals surface area contributed by atoms with Crippen LogP contribution in [0.3, 0.4) is 0 Å². The molecule has 84 valence electrons. The number of aliphatic hydroxyl groups is 1. The summed E-state index contributed by atoms with van der Waals surface area (Å²) in [5.41, 5.74) is 0.515. The first kappa shape index (κ1) is 12.5. The first-order valence-corrected chi connectivity index (χ1v) is 5.54. The van der Waals surface area contributed by atoms with Crippen molar-refractivity contribution in [1.29, 1.82) is 0 Å². The van der Waals surface area contributed by atoms with Crippen molar-refractivity contribution in [3.8, 4) is 5.75 Å². The highest BCUT2D eigenvalue weighted by atomic mass is 79.9. The Morgan fingerprint density at radius 3 is 2.73 bits per heavy atom. The summed E-state index contributed by atoms with van der Waals surface area (Å²) in [5.74, 6) is 0.212. The summed E-state index contributed by atoms with van der Waals surface area (Å²) in [4.78, 5) is 0. The van der Waals surface area contributed by atoms with Crippen molar-refractivity contribution in [2.45, 2.75) is 25.9 Å². The van der Waals surface area contributed by atoms with Crippen molar-refractivity contribution in [3.05, 3.63) is 28.0 Å². The molecule has 1 aromatic carbocycles. The number of methoxy groups -OCH3 is 1. The van der Waals surface area contributed by atoms with E-state index in [1.165, 1.54) is 13.2 Å². The van der Waals surface area contributed by atoms with E-state index < -0.39 is 6.10 Å². The van der Waals surface area contributed by atoms with Crippen LogP contribution in [0.15, 0.2) is 16.6 Å². The molecule has 0 fully saturated rings. The van der Waals surface area contributed by atoms with E-state index in [0.717, 1.165) is 0 Å². The summed E-state index contributed by atoms with van der Waals surface area (Å²) in [6, 6.07) is 3.13. The Hall–Kier alpha value is -0.610. The third-order valence-electron chi connectivity index (χ3n) is 2.15. The van der Waals surface area contributed by atoms with E-state index in [9.17, 15) is 4.39 Å². The first-order valence-electron chi connectivity index (χ1n) is 4.74. The maximum absolute atomic E-state index is 13.6. The molecule has 1 unspecified atom stereocenters. The van der Waals surface area contributed by atoms with Gasteiger partial charge < -0.3 is 9.84 Å². The third kappa shape index (κ3) is 3.47. The SMILES string of the molecule is COc1cc(Br)cc(F)c1CCC(C)O. The van der Waals surface area contributed by atoms with Gasteiger partial charge in [-0.15, -0.1) is 0 Å². The largest absolute Gasteiger partial charge is 0.496 e. The summed E-state index contributed by atoms with van der Waals surface area (Å²) in [6.07, 6.45) is 0.562. The van der Waals surface area contributed by atoms with Gasteiger partial charge in [-0.3, -0.25) is 0 Å². The molecule has 0 aromatic heterocycles. The fraction of sp³-hybridized carbons (Fsp3) is 0.455. The number of hydrogen-bond acceptors (Lipinski definition) is 2. The lowest BCUT2D eigenvalue weighted by Crippen LogP contribution is -2.04. The van der Waals surface area contributed by atoms with Gasteiger partial charge in [-0.2, -0.15) is 0 Å². The minimum atomic E-state index is -0.433. The van der Waals surface area contributed by atoms with Gasteiger partial charge in [0.05, 0.1) is 13.2 Å². The average molecular weight is 277 g/mol. The van der Waals surface area contributed by atoms with E-state index in [4.69, 9.17) is 9.84 Å². The Bertz CT molecular complexity index is 340. The molecule has 4 heteroatoms. The van der Waals surface area contributed by atoms with Crippen LogP contribution in [-0.2, 0) is 6.42 Å². The molecular formula is C11H14BrFO2. The van der Waals surface area contributed by atoms with Crippen molar-refractivity contribution in [3.63, 3.8) is 0 Å². The Kier molecular flexibility index (Phi) is 4.54. The second kappa shape index (κ2) is 5.47. The summed E-state index contributed by atoms with van der Waals surface area (Å²) in [6.45, 7) is 1.68. The second-order valence-corrected chi connectivity index (χ2v) is 4.37. The number of halogens is 2. The summed E-state index contributed by atoms with van der Waals surface area (Å²) in [5, 5.41) is 9.15. The van der Waals surface area contributed by atoms with Crippen molar-refractivity contribution in [2.75, 3.05) is 7.11 Å². The second-order valence-electron chi connectivity index (χ2n) is 3.46. The number of hydrogen-bond donors (Lipinski definition) is 1. The zero-order chi connectivity index (χ0) is 11.4. The van der Waals surface area contributed by atoms with Crippen LogP contribution < -0.4 is 4.74 Å². The summed E-state index contributed by atoms with van der Waals surface area (Å²) >= 11 is 3.20. The van der Waals surface area contributed by atoms with Crippen LogP contribution in [0.2, 0.25) is 0 Å². The molecule has 0 aliphatic carbocycles. The first-order chi connectivity index (χ1) is 7.04. The lowest BCUT2D eigenvalue weighted by molar-refractivity contribution is 0.184. The molecule has 0 saturated heterocycles. The highest BCUT2D eigenvalue weighted by Crippen LogP contribution is 2.27. The Balaban J connectivity index is 2.93. The lowest BCUT2D eigenvalue weighted by atomic mass is 10.1. The maximum atomic E-state index is 13.6. The van der Waals surface area contributed by atoms with Crippen molar-refractivity contribution in [1.82, 2.24) is 0 Å². The Morgan fingerprint density at radius 2 is 2.20 bits per heavy atom. The fourth-order valence-electron chi connectivity index (χ4n) is 1.36. The van der Waals surface area contributed by atoms with Gasteiger partial charge in [0, 0.05) is 10.0 Å². The van der Waals surface area contributed by atoms with E-state index >= 15 is 0 Å². The molecule has 0 amide bonds. The molecule has 1 aromatic rings. The molecule has 0 aliphatic heterocycles. The maximum Gasteiger partial charge on any atom is 0.131 e. The lowest BCUT2D eigenvalue weighted by Gasteiger charge is -2.11. The van der Waals surface area contributed by atoms with Gasteiger partial charge >= 0.3 is 0 Å². The van der Waals surface area contributed by atoms with Gasteiger partial charge in [-0.25, -0.2) is 4.39 Å². The van der Waals surface area contributed by atoms with Crippen LogP contribution in [0.4, 0.5) is 4.39 Å². The summed E-state index contributed by atoms with van der Waals surface area (Å²) < 4.78 is 19.3. The van der Waals surface area contributed by atoms with Gasteiger partial charge in [0.1, 0.15) is 11.6 Å². The normalized spacial score (nSPS) is 12.6. The van der Waals surface area contributed by atoms with Crippen LogP contribution in [0.1, 0.15) is 18.9 Å². The smallest absolute Gasteiger partial charge is 0.131 e. The predicted octanol–water partition coefficient (Wildman–Crippen LogP) is 2.91. The molecule has 0 heterocycles. The molecule has 2 nitrogen and oxygen atoms in total. The molecule has 1 N–H and O–H groups in total. The van der Waals surface area contributed by atoms with Crippen LogP contribution in [0.5, 0.6) is 5.75 Å². The van der Waals surface area contributed by atoms with Crippen molar-refractivity contribution >= 4 is 15.9 Å². The topological polar surface area (TPSA) is 29.5 Å². The number of aliphatic hydroxyl groups excluding tert-OH is 1. The zero-order valence-electron chi connectivity index (χ0n) is 8.76. The highest BCUT2D eigenvalue weighted by molar-refractivity contribution is 9.10. The Morgan fingerprint density at radius 1 is 1.53 bits per heavy atom. The van der Waals surface area contributed by atoms with Crippen LogP contribution in [0.25, 0.3) is 0 Å². The molecule has 0 spiro atoms. The minimum absolute atomic E-state index is 0.304. The third-order valence-corrected chi connectivity index (χ3v) is 2.61. The predicted molar refractivity (Wildman–Crippen MR) is 60.7 cm³/mol. The van der Waals surface area contributed by atoms with E-state index in [-0.39, 0.29) is 5.82 Å². The molecule has 0 radical (unpaired) electrons. The zero-order valence-corrected chi connectivity index (χ0v) is 10.3. The standard InChI is InChI=1S/C11H14BrFO2/c1-7(14)3-4-9-10(13)5-8(12)6-11(9)15-2/h5-7,14H,3-4H2,1-2H3. The summed E-state index contributed by atoms with van der Waals surface area (Å²) in [7, 11) is 1.51. The van der Waals surface area contributed by atoms with Gasteiger partial charge in [0.2, 0.25) is 0 Å². The van der Waals surface area contributed by atoms with Crippen molar-refractivity contribution < 1.29 is 14.2 Å². The average Bonchev–Trinajstić information content (AvgIpc) is 2.14. The minimum Gasteiger partial charge on any atom is -0.496 e. The van der Waals surface area contributed by atoms with E-state index in [1.807, 2.05) is 0 Å². The quantitative estimate of drug-likeness (QED) is 0.917. The van der Waals surface area contributed by atoms with Gasteiger partial charge in [0.15, 0.2) is 0 Å².